The minimum Gasteiger partial charge on any atom is -0.453 e. The predicted octanol–water partition coefficient (Wildman–Crippen LogP) is 1.52. The standard InChI is InChI=1S/C10H12O3/c1-6-3-8(4-11)10-9(7(6)2)12-5-13-10/h3,11H,4-5H2,1-2H3. The van der Waals surface area contributed by atoms with Crippen LogP contribution in [0.2, 0.25) is 0 Å². The number of fused-ring (bicyclic) bond motifs is 1. The molecule has 1 heterocycles. The van der Waals surface area contributed by atoms with Gasteiger partial charge < -0.3 is 14.6 Å². The Labute approximate surface area is 76.9 Å². The lowest BCUT2D eigenvalue weighted by Crippen LogP contribution is -1.94. The third-order valence-electron chi connectivity index (χ3n) is 2.40. The highest BCUT2D eigenvalue weighted by Crippen LogP contribution is 2.40. The van der Waals surface area contributed by atoms with Gasteiger partial charge in [0.2, 0.25) is 6.79 Å². The third kappa shape index (κ3) is 1.16. The molecule has 0 saturated heterocycles. The molecule has 0 aliphatic carbocycles. The van der Waals surface area contributed by atoms with Gasteiger partial charge in [-0.25, -0.2) is 0 Å². The monoisotopic (exact) mass is 180 g/mol. The van der Waals surface area contributed by atoms with E-state index >= 15 is 0 Å². The largest absolute Gasteiger partial charge is 0.453 e. The molecule has 3 nitrogen and oxygen atoms in total. The molecule has 0 unspecified atom stereocenters. The number of aliphatic hydroxyl groups is 1. The molecule has 13 heavy (non-hydrogen) atoms. The highest BCUT2D eigenvalue weighted by molar-refractivity contribution is 5.55. The van der Waals surface area contributed by atoms with Crippen molar-refractivity contribution in [3.05, 3.63) is 22.8 Å². The lowest BCUT2D eigenvalue weighted by Gasteiger charge is -2.08. The van der Waals surface area contributed by atoms with Crippen molar-refractivity contribution < 1.29 is 14.6 Å². The molecular formula is C10H12O3. The Kier molecular flexibility index (Phi) is 1.88. The van der Waals surface area contributed by atoms with E-state index in [1.54, 1.807) is 0 Å². The predicted molar refractivity (Wildman–Crippen MR) is 48.0 cm³/mol. The van der Waals surface area contributed by atoms with Crippen LogP contribution in [0.25, 0.3) is 0 Å². The number of hydrogen-bond donors (Lipinski definition) is 1. The van der Waals surface area contributed by atoms with Crippen molar-refractivity contribution in [2.45, 2.75) is 20.5 Å². The lowest BCUT2D eigenvalue weighted by molar-refractivity contribution is 0.170. The van der Waals surface area contributed by atoms with Gasteiger partial charge >= 0.3 is 0 Å². The zero-order chi connectivity index (χ0) is 9.42. The summed E-state index contributed by atoms with van der Waals surface area (Å²) >= 11 is 0. The van der Waals surface area contributed by atoms with Crippen LogP contribution in [0.4, 0.5) is 0 Å². The third-order valence-corrected chi connectivity index (χ3v) is 2.40. The Bertz CT molecular complexity index is 345. The Morgan fingerprint density at radius 2 is 2.00 bits per heavy atom. The normalized spacial score (nSPS) is 13.5. The second-order valence-corrected chi connectivity index (χ2v) is 3.20. The fraction of sp³-hybridized carbons (Fsp3) is 0.400. The zero-order valence-electron chi connectivity index (χ0n) is 7.76. The summed E-state index contributed by atoms with van der Waals surface area (Å²) in [6, 6.07) is 1.93. The number of ether oxygens (including phenoxy) is 2. The van der Waals surface area contributed by atoms with Crippen LogP contribution in [-0.2, 0) is 6.61 Å². The van der Waals surface area contributed by atoms with Gasteiger partial charge in [-0.15, -0.1) is 0 Å². The molecule has 0 radical (unpaired) electrons. The quantitative estimate of drug-likeness (QED) is 0.712. The summed E-state index contributed by atoms with van der Waals surface area (Å²) in [4.78, 5) is 0. The minimum absolute atomic E-state index is 0.00713. The summed E-state index contributed by atoms with van der Waals surface area (Å²) < 4.78 is 10.6. The fourth-order valence-corrected chi connectivity index (χ4v) is 1.53. The van der Waals surface area contributed by atoms with E-state index in [1.165, 1.54) is 0 Å². The first kappa shape index (κ1) is 8.38. The maximum atomic E-state index is 9.08. The van der Waals surface area contributed by atoms with Crippen LogP contribution in [0.15, 0.2) is 6.07 Å². The average molecular weight is 180 g/mol. The lowest BCUT2D eigenvalue weighted by atomic mass is 10.0. The second kappa shape index (κ2) is 2.92. The topological polar surface area (TPSA) is 38.7 Å². The number of aliphatic hydroxyl groups excluding tert-OH is 1. The molecule has 0 saturated carbocycles. The van der Waals surface area contributed by atoms with Gasteiger partial charge in [0.15, 0.2) is 11.5 Å². The maximum absolute atomic E-state index is 9.08. The molecule has 0 amide bonds. The Balaban J connectivity index is 2.64. The zero-order valence-corrected chi connectivity index (χ0v) is 7.76. The van der Waals surface area contributed by atoms with Crippen molar-refractivity contribution in [1.29, 1.82) is 0 Å². The van der Waals surface area contributed by atoms with E-state index in [0.29, 0.717) is 5.75 Å². The Morgan fingerprint density at radius 3 is 2.69 bits per heavy atom. The molecule has 70 valence electrons. The molecule has 0 spiro atoms. The minimum atomic E-state index is -0.00713. The number of rotatable bonds is 1. The van der Waals surface area contributed by atoms with Gasteiger partial charge in [0, 0.05) is 5.56 Å². The van der Waals surface area contributed by atoms with E-state index in [2.05, 4.69) is 0 Å². The van der Waals surface area contributed by atoms with Crippen LogP contribution in [-0.4, -0.2) is 11.9 Å². The van der Waals surface area contributed by atoms with E-state index in [4.69, 9.17) is 14.6 Å². The van der Waals surface area contributed by atoms with E-state index in [1.807, 2.05) is 19.9 Å². The smallest absolute Gasteiger partial charge is 0.231 e. The molecule has 0 aromatic heterocycles. The van der Waals surface area contributed by atoms with Crippen LogP contribution in [0.3, 0.4) is 0 Å². The Morgan fingerprint density at radius 1 is 1.31 bits per heavy atom. The summed E-state index contributed by atoms with van der Waals surface area (Å²) in [7, 11) is 0. The van der Waals surface area contributed by atoms with Gasteiger partial charge in [0.05, 0.1) is 6.61 Å². The molecule has 0 atom stereocenters. The molecular weight excluding hydrogens is 168 g/mol. The first-order valence-corrected chi connectivity index (χ1v) is 4.23. The van der Waals surface area contributed by atoms with Crippen molar-refractivity contribution in [2.75, 3.05) is 6.79 Å². The van der Waals surface area contributed by atoms with Crippen LogP contribution < -0.4 is 9.47 Å². The number of benzene rings is 1. The SMILES string of the molecule is Cc1cc(CO)c2c(c1C)OCO2. The van der Waals surface area contributed by atoms with Gasteiger partial charge in [0.25, 0.3) is 0 Å². The summed E-state index contributed by atoms with van der Waals surface area (Å²) in [5.74, 6) is 1.48. The first-order valence-electron chi connectivity index (χ1n) is 4.23. The van der Waals surface area contributed by atoms with Gasteiger partial charge in [0.1, 0.15) is 0 Å². The second-order valence-electron chi connectivity index (χ2n) is 3.20. The molecule has 2 rings (SSSR count). The van der Waals surface area contributed by atoms with Crippen LogP contribution in [0.1, 0.15) is 16.7 Å². The highest BCUT2D eigenvalue weighted by atomic mass is 16.7. The molecule has 0 fully saturated rings. The molecule has 1 N–H and O–H groups in total. The molecule has 1 aliphatic heterocycles. The van der Waals surface area contributed by atoms with Gasteiger partial charge in [-0.1, -0.05) is 0 Å². The highest BCUT2D eigenvalue weighted by Gasteiger charge is 2.21. The Hall–Kier alpha value is -1.22. The molecule has 1 aliphatic rings. The number of aryl methyl sites for hydroxylation is 1. The van der Waals surface area contributed by atoms with E-state index in [-0.39, 0.29) is 13.4 Å². The van der Waals surface area contributed by atoms with Crippen LogP contribution in [0.5, 0.6) is 11.5 Å². The number of hydrogen-bond acceptors (Lipinski definition) is 3. The van der Waals surface area contributed by atoms with Gasteiger partial charge in [-0.2, -0.15) is 0 Å². The fourth-order valence-electron chi connectivity index (χ4n) is 1.53. The van der Waals surface area contributed by atoms with Crippen molar-refractivity contribution in [3.63, 3.8) is 0 Å². The van der Waals surface area contributed by atoms with Crippen molar-refractivity contribution in [2.24, 2.45) is 0 Å². The van der Waals surface area contributed by atoms with Gasteiger partial charge in [-0.05, 0) is 31.0 Å². The summed E-state index contributed by atoms with van der Waals surface area (Å²) in [6.07, 6.45) is 0. The summed E-state index contributed by atoms with van der Waals surface area (Å²) in [5.41, 5.74) is 3.01. The molecule has 1 aromatic carbocycles. The van der Waals surface area contributed by atoms with Crippen molar-refractivity contribution in [3.8, 4) is 11.5 Å². The van der Waals surface area contributed by atoms with Crippen LogP contribution >= 0.6 is 0 Å². The first-order chi connectivity index (χ1) is 6.24. The molecule has 0 bridgehead atoms. The van der Waals surface area contributed by atoms with E-state index in [9.17, 15) is 0 Å². The molecule has 3 heteroatoms. The van der Waals surface area contributed by atoms with Crippen molar-refractivity contribution in [1.82, 2.24) is 0 Å². The van der Waals surface area contributed by atoms with E-state index in [0.717, 1.165) is 22.4 Å². The maximum Gasteiger partial charge on any atom is 0.231 e. The summed E-state index contributed by atoms with van der Waals surface area (Å²) in [6.45, 7) is 4.24. The average Bonchev–Trinajstić information content (AvgIpc) is 2.60. The van der Waals surface area contributed by atoms with E-state index < -0.39 is 0 Å². The molecule has 1 aromatic rings. The summed E-state index contributed by atoms with van der Waals surface area (Å²) in [5, 5.41) is 9.08. The van der Waals surface area contributed by atoms with Gasteiger partial charge in [-0.3, -0.25) is 0 Å². The van der Waals surface area contributed by atoms with Crippen LogP contribution in [0, 0.1) is 13.8 Å². The van der Waals surface area contributed by atoms with Crippen molar-refractivity contribution >= 4 is 0 Å².